The summed E-state index contributed by atoms with van der Waals surface area (Å²) in [5.41, 5.74) is -0.287. The van der Waals surface area contributed by atoms with Gasteiger partial charge in [-0.3, -0.25) is 9.59 Å². The van der Waals surface area contributed by atoms with Crippen molar-refractivity contribution in [3.8, 4) is 0 Å². The van der Waals surface area contributed by atoms with Gasteiger partial charge in [0.1, 0.15) is 0 Å². The number of likely N-dealkylation sites (tertiary alicyclic amines) is 1. The van der Waals surface area contributed by atoms with E-state index in [-0.39, 0.29) is 17.4 Å². The first-order valence-corrected chi connectivity index (χ1v) is 7.01. The monoisotopic (exact) mass is 271 g/mol. The smallest absolute Gasteiger partial charge is 0.306 e. The van der Waals surface area contributed by atoms with E-state index in [2.05, 4.69) is 11.9 Å². The van der Waals surface area contributed by atoms with Gasteiger partial charge in [-0.05, 0) is 52.2 Å². The van der Waals surface area contributed by atoms with Gasteiger partial charge < -0.3 is 14.4 Å². The van der Waals surface area contributed by atoms with Gasteiger partial charge in [0.05, 0.1) is 26.1 Å². The molecule has 1 heterocycles. The maximum absolute atomic E-state index is 11.7. The molecule has 1 aliphatic rings. The minimum absolute atomic E-state index is 0.212. The highest BCUT2D eigenvalue weighted by Crippen LogP contribution is 2.38. The lowest BCUT2D eigenvalue weighted by atomic mass is 9.73. The highest BCUT2D eigenvalue weighted by molar-refractivity contribution is 5.74. The van der Waals surface area contributed by atoms with Gasteiger partial charge in [-0.1, -0.05) is 0 Å². The number of ether oxygens (including phenoxy) is 2. The molecule has 0 aromatic heterocycles. The minimum atomic E-state index is -0.287. The fourth-order valence-electron chi connectivity index (χ4n) is 2.55. The minimum Gasteiger partial charge on any atom is -0.466 e. The van der Waals surface area contributed by atoms with Crippen molar-refractivity contribution in [2.75, 3.05) is 33.4 Å². The average Bonchev–Trinajstić information content (AvgIpc) is 2.33. The Morgan fingerprint density at radius 3 is 1.79 bits per heavy atom. The Balaban J connectivity index is 2.67. The number of carbonyl (C=O) groups excluding carboxylic acids is 2. The second-order valence-corrected chi connectivity index (χ2v) is 5.27. The third-order valence-corrected chi connectivity index (χ3v) is 3.70. The summed E-state index contributed by atoms with van der Waals surface area (Å²) >= 11 is 0. The van der Waals surface area contributed by atoms with Gasteiger partial charge >= 0.3 is 11.9 Å². The largest absolute Gasteiger partial charge is 0.466 e. The fourth-order valence-corrected chi connectivity index (χ4v) is 2.55. The SMILES string of the molecule is CCOC(=O)CC1(CC(=O)OCC)CCN(C)CC1. The van der Waals surface area contributed by atoms with E-state index >= 15 is 0 Å². The Morgan fingerprint density at radius 2 is 1.42 bits per heavy atom. The number of carbonyl (C=O) groups is 2. The van der Waals surface area contributed by atoms with Crippen molar-refractivity contribution in [2.45, 2.75) is 39.5 Å². The molecule has 1 rings (SSSR count). The average molecular weight is 271 g/mol. The van der Waals surface area contributed by atoms with Crippen LogP contribution in [0.25, 0.3) is 0 Å². The van der Waals surface area contributed by atoms with Crippen LogP contribution in [0.3, 0.4) is 0 Å². The molecule has 0 radical (unpaired) electrons. The van der Waals surface area contributed by atoms with Gasteiger partial charge in [0, 0.05) is 0 Å². The topological polar surface area (TPSA) is 55.8 Å². The Labute approximate surface area is 115 Å². The van der Waals surface area contributed by atoms with Crippen molar-refractivity contribution < 1.29 is 19.1 Å². The van der Waals surface area contributed by atoms with Crippen LogP contribution in [0.4, 0.5) is 0 Å². The molecule has 1 saturated heterocycles. The summed E-state index contributed by atoms with van der Waals surface area (Å²) in [6, 6.07) is 0. The Hall–Kier alpha value is -1.10. The van der Waals surface area contributed by atoms with Crippen LogP contribution in [-0.2, 0) is 19.1 Å². The molecule has 1 fully saturated rings. The first-order chi connectivity index (χ1) is 9.01. The molecule has 0 aromatic carbocycles. The van der Waals surface area contributed by atoms with Crippen molar-refractivity contribution in [3.63, 3.8) is 0 Å². The van der Waals surface area contributed by atoms with Gasteiger partial charge in [-0.25, -0.2) is 0 Å². The molecule has 0 saturated carbocycles. The van der Waals surface area contributed by atoms with Gasteiger partial charge in [0.25, 0.3) is 0 Å². The summed E-state index contributed by atoms with van der Waals surface area (Å²) in [7, 11) is 2.05. The molecule has 0 atom stereocenters. The summed E-state index contributed by atoms with van der Waals surface area (Å²) < 4.78 is 10.1. The molecule has 0 bridgehead atoms. The number of hydrogen-bond acceptors (Lipinski definition) is 5. The van der Waals surface area contributed by atoms with Crippen LogP contribution in [-0.4, -0.2) is 50.2 Å². The summed E-state index contributed by atoms with van der Waals surface area (Å²) in [5.74, 6) is -0.423. The zero-order valence-electron chi connectivity index (χ0n) is 12.2. The summed E-state index contributed by atoms with van der Waals surface area (Å²) in [6.45, 7) is 6.16. The maximum Gasteiger partial charge on any atom is 0.306 e. The summed E-state index contributed by atoms with van der Waals surface area (Å²) in [5, 5.41) is 0. The van der Waals surface area contributed by atoms with E-state index in [1.165, 1.54) is 0 Å². The molecule has 1 aliphatic heterocycles. The van der Waals surface area contributed by atoms with Gasteiger partial charge in [0.15, 0.2) is 0 Å². The van der Waals surface area contributed by atoms with E-state index in [0.29, 0.717) is 26.1 Å². The van der Waals surface area contributed by atoms with Crippen LogP contribution in [0.1, 0.15) is 39.5 Å². The van der Waals surface area contributed by atoms with Gasteiger partial charge in [-0.15, -0.1) is 0 Å². The summed E-state index contributed by atoms with van der Waals surface area (Å²) in [6.07, 6.45) is 2.29. The van der Waals surface area contributed by atoms with Crippen LogP contribution in [0.15, 0.2) is 0 Å². The predicted octanol–water partition coefficient (Wildman–Crippen LogP) is 1.60. The lowest BCUT2D eigenvalue weighted by Gasteiger charge is -2.39. The fraction of sp³-hybridized carbons (Fsp3) is 0.857. The number of rotatable bonds is 6. The highest BCUT2D eigenvalue weighted by Gasteiger charge is 2.38. The third-order valence-electron chi connectivity index (χ3n) is 3.70. The Bertz CT molecular complexity index is 287. The maximum atomic E-state index is 11.7. The van der Waals surface area contributed by atoms with Crippen molar-refractivity contribution in [1.29, 1.82) is 0 Å². The molecule has 0 aromatic rings. The number of esters is 2. The van der Waals surface area contributed by atoms with Crippen LogP contribution < -0.4 is 0 Å². The van der Waals surface area contributed by atoms with Crippen molar-refractivity contribution in [3.05, 3.63) is 0 Å². The molecule has 5 nitrogen and oxygen atoms in total. The first-order valence-electron chi connectivity index (χ1n) is 7.01. The van der Waals surface area contributed by atoms with E-state index in [9.17, 15) is 9.59 Å². The quantitative estimate of drug-likeness (QED) is 0.687. The second kappa shape index (κ2) is 7.48. The van der Waals surface area contributed by atoms with Crippen molar-refractivity contribution in [2.24, 2.45) is 5.41 Å². The molecule has 5 heteroatoms. The van der Waals surface area contributed by atoms with E-state index in [4.69, 9.17) is 9.47 Å². The predicted molar refractivity (Wildman–Crippen MR) is 71.7 cm³/mol. The number of hydrogen-bond donors (Lipinski definition) is 0. The third kappa shape index (κ3) is 5.19. The lowest BCUT2D eigenvalue weighted by molar-refractivity contribution is -0.151. The molecular weight excluding hydrogens is 246 g/mol. The van der Waals surface area contributed by atoms with Crippen LogP contribution in [0.2, 0.25) is 0 Å². The first kappa shape index (κ1) is 16.0. The Morgan fingerprint density at radius 1 is 1.00 bits per heavy atom. The van der Waals surface area contributed by atoms with Crippen LogP contribution in [0.5, 0.6) is 0 Å². The lowest BCUT2D eigenvalue weighted by Crippen LogP contribution is -2.41. The van der Waals surface area contributed by atoms with E-state index in [1.807, 2.05) is 0 Å². The van der Waals surface area contributed by atoms with Crippen molar-refractivity contribution in [1.82, 2.24) is 4.90 Å². The van der Waals surface area contributed by atoms with Crippen LogP contribution >= 0.6 is 0 Å². The molecule has 0 N–H and O–H groups in total. The molecule has 0 aliphatic carbocycles. The zero-order valence-corrected chi connectivity index (χ0v) is 12.2. The molecule has 110 valence electrons. The normalized spacial score (nSPS) is 18.9. The molecule has 0 amide bonds. The van der Waals surface area contributed by atoms with E-state index in [1.54, 1.807) is 13.8 Å². The van der Waals surface area contributed by atoms with Gasteiger partial charge in [0.2, 0.25) is 0 Å². The van der Waals surface area contributed by atoms with E-state index in [0.717, 1.165) is 25.9 Å². The molecule has 0 spiro atoms. The van der Waals surface area contributed by atoms with E-state index < -0.39 is 0 Å². The second-order valence-electron chi connectivity index (χ2n) is 5.27. The molecule has 0 unspecified atom stereocenters. The number of nitrogens with zero attached hydrogens (tertiary/aromatic N) is 1. The van der Waals surface area contributed by atoms with Gasteiger partial charge in [-0.2, -0.15) is 0 Å². The van der Waals surface area contributed by atoms with Crippen LogP contribution in [0, 0.1) is 5.41 Å². The summed E-state index contributed by atoms with van der Waals surface area (Å²) in [4.78, 5) is 25.7. The standard InChI is InChI=1S/C14H25NO4/c1-4-18-12(16)10-14(11-13(17)19-5-2)6-8-15(3)9-7-14/h4-11H2,1-3H3. The zero-order chi connectivity index (χ0) is 14.3. The molecular formula is C14H25NO4. The molecule has 19 heavy (non-hydrogen) atoms. The highest BCUT2D eigenvalue weighted by atomic mass is 16.5. The number of piperidine rings is 1. The van der Waals surface area contributed by atoms with Crippen molar-refractivity contribution >= 4 is 11.9 Å². The Kier molecular flexibility index (Phi) is 6.28.